The molecule has 0 bridgehead atoms. The Labute approximate surface area is 145 Å². The average Bonchev–Trinajstić information content (AvgIpc) is 2.64. The van der Waals surface area contributed by atoms with Crippen LogP contribution in [-0.4, -0.2) is 38.7 Å². The van der Waals surface area contributed by atoms with Crippen LogP contribution in [0.2, 0.25) is 0 Å². The quantitative estimate of drug-likeness (QED) is 0.805. The SMILES string of the molecule is CCC(CC)(CN)C(=O)NC1CCCN(c2cccc(OC)c2)C1. The van der Waals surface area contributed by atoms with Crippen molar-refractivity contribution in [3.05, 3.63) is 24.3 Å². The first kappa shape index (κ1) is 18.6. The molecule has 0 saturated carbocycles. The van der Waals surface area contributed by atoms with Gasteiger partial charge in [0.05, 0.1) is 12.5 Å². The first-order valence-corrected chi connectivity index (χ1v) is 8.98. The molecule has 1 unspecified atom stereocenters. The van der Waals surface area contributed by atoms with Gasteiger partial charge >= 0.3 is 0 Å². The molecular weight excluding hydrogens is 302 g/mol. The predicted molar refractivity (Wildman–Crippen MR) is 98.4 cm³/mol. The normalized spacial score (nSPS) is 18.3. The number of methoxy groups -OCH3 is 1. The molecule has 134 valence electrons. The maximum absolute atomic E-state index is 12.7. The molecule has 1 atom stereocenters. The third kappa shape index (κ3) is 4.01. The molecule has 1 aromatic carbocycles. The summed E-state index contributed by atoms with van der Waals surface area (Å²) in [4.78, 5) is 15.1. The van der Waals surface area contributed by atoms with Gasteiger partial charge in [0, 0.05) is 37.4 Å². The number of nitrogens with two attached hydrogens (primary N) is 1. The summed E-state index contributed by atoms with van der Waals surface area (Å²) in [6, 6.07) is 8.26. The number of nitrogens with zero attached hydrogens (tertiary/aromatic N) is 1. The number of hydrogen-bond acceptors (Lipinski definition) is 4. The molecule has 1 heterocycles. The minimum atomic E-state index is -0.432. The van der Waals surface area contributed by atoms with E-state index in [1.165, 1.54) is 0 Å². The first-order valence-electron chi connectivity index (χ1n) is 8.98. The summed E-state index contributed by atoms with van der Waals surface area (Å²) >= 11 is 0. The first-order chi connectivity index (χ1) is 11.6. The van der Waals surface area contributed by atoms with Crippen LogP contribution in [0, 0.1) is 5.41 Å². The molecule has 5 nitrogen and oxygen atoms in total. The summed E-state index contributed by atoms with van der Waals surface area (Å²) in [6.45, 7) is 6.31. The van der Waals surface area contributed by atoms with Crippen LogP contribution in [0.4, 0.5) is 5.69 Å². The predicted octanol–water partition coefficient (Wildman–Crippen LogP) is 2.55. The lowest BCUT2D eigenvalue weighted by molar-refractivity contribution is -0.131. The minimum absolute atomic E-state index is 0.104. The van der Waals surface area contributed by atoms with Crippen LogP contribution in [0.1, 0.15) is 39.5 Å². The summed E-state index contributed by atoms with van der Waals surface area (Å²) in [6.07, 6.45) is 3.63. The molecule has 3 N–H and O–H groups in total. The fourth-order valence-electron chi connectivity index (χ4n) is 3.43. The number of carbonyl (C=O) groups is 1. The average molecular weight is 333 g/mol. The Kier molecular flexibility index (Phi) is 6.49. The molecule has 0 spiro atoms. The number of amides is 1. The minimum Gasteiger partial charge on any atom is -0.497 e. The van der Waals surface area contributed by atoms with Gasteiger partial charge in [-0.1, -0.05) is 19.9 Å². The third-order valence-electron chi connectivity index (χ3n) is 5.40. The number of hydrogen-bond donors (Lipinski definition) is 2. The second-order valence-electron chi connectivity index (χ2n) is 6.65. The van der Waals surface area contributed by atoms with Crippen LogP contribution in [0.25, 0.3) is 0 Å². The molecule has 0 radical (unpaired) electrons. The van der Waals surface area contributed by atoms with Crippen molar-refractivity contribution in [1.29, 1.82) is 0 Å². The largest absolute Gasteiger partial charge is 0.497 e. The van der Waals surface area contributed by atoms with Crippen molar-refractivity contribution < 1.29 is 9.53 Å². The van der Waals surface area contributed by atoms with Gasteiger partial charge in [-0.2, -0.15) is 0 Å². The number of ether oxygens (including phenoxy) is 1. The van der Waals surface area contributed by atoms with Crippen molar-refractivity contribution >= 4 is 11.6 Å². The number of nitrogens with one attached hydrogen (secondary N) is 1. The van der Waals surface area contributed by atoms with Crippen molar-refractivity contribution in [3.63, 3.8) is 0 Å². The topological polar surface area (TPSA) is 67.6 Å². The van der Waals surface area contributed by atoms with Gasteiger partial charge in [-0.3, -0.25) is 4.79 Å². The van der Waals surface area contributed by atoms with E-state index in [2.05, 4.69) is 16.3 Å². The van der Waals surface area contributed by atoms with E-state index in [0.29, 0.717) is 6.54 Å². The van der Waals surface area contributed by atoms with Crippen LogP contribution in [0.15, 0.2) is 24.3 Å². The number of carbonyl (C=O) groups excluding carboxylic acids is 1. The van der Waals surface area contributed by atoms with Gasteiger partial charge in [0.2, 0.25) is 5.91 Å². The fourth-order valence-corrected chi connectivity index (χ4v) is 3.43. The van der Waals surface area contributed by atoms with Crippen molar-refractivity contribution in [1.82, 2.24) is 5.32 Å². The lowest BCUT2D eigenvalue weighted by atomic mass is 9.81. The lowest BCUT2D eigenvalue weighted by Crippen LogP contribution is -2.53. The number of piperidine rings is 1. The number of benzene rings is 1. The van der Waals surface area contributed by atoms with Crippen LogP contribution < -0.4 is 20.7 Å². The molecule has 1 saturated heterocycles. The van der Waals surface area contributed by atoms with E-state index >= 15 is 0 Å². The maximum Gasteiger partial charge on any atom is 0.227 e. The molecule has 1 aliphatic heterocycles. The van der Waals surface area contributed by atoms with Crippen molar-refractivity contribution in [2.75, 3.05) is 31.6 Å². The van der Waals surface area contributed by atoms with Gasteiger partial charge in [0.15, 0.2) is 0 Å². The van der Waals surface area contributed by atoms with Crippen molar-refractivity contribution in [2.45, 2.75) is 45.6 Å². The van der Waals surface area contributed by atoms with E-state index in [4.69, 9.17) is 10.5 Å². The van der Waals surface area contributed by atoms with Crippen LogP contribution in [-0.2, 0) is 4.79 Å². The highest BCUT2D eigenvalue weighted by Gasteiger charge is 2.35. The third-order valence-corrected chi connectivity index (χ3v) is 5.40. The fraction of sp³-hybridized carbons (Fsp3) is 0.632. The summed E-state index contributed by atoms with van der Waals surface area (Å²) in [7, 11) is 1.68. The molecule has 1 amide bonds. The van der Waals surface area contributed by atoms with E-state index in [9.17, 15) is 4.79 Å². The Morgan fingerprint density at radius 2 is 2.17 bits per heavy atom. The molecule has 0 aliphatic carbocycles. The second-order valence-corrected chi connectivity index (χ2v) is 6.65. The molecule has 1 aromatic rings. The number of anilines is 1. The van der Waals surface area contributed by atoms with E-state index in [1.807, 2.05) is 32.0 Å². The highest BCUT2D eigenvalue weighted by molar-refractivity contribution is 5.83. The van der Waals surface area contributed by atoms with Crippen LogP contribution >= 0.6 is 0 Å². The molecular formula is C19H31N3O2. The van der Waals surface area contributed by atoms with E-state index < -0.39 is 5.41 Å². The molecule has 0 aromatic heterocycles. The van der Waals surface area contributed by atoms with E-state index in [1.54, 1.807) is 7.11 Å². The van der Waals surface area contributed by atoms with Crippen molar-refractivity contribution in [2.24, 2.45) is 11.1 Å². The van der Waals surface area contributed by atoms with Gasteiger partial charge in [-0.15, -0.1) is 0 Å². The van der Waals surface area contributed by atoms with E-state index in [-0.39, 0.29) is 11.9 Å². The summed E-state index contributed by atoms with van der Waals surface area (Å²) in [5, 5.41) is 3.25. The Morgan fingerprint density at radius 3 is 2.79 bits per heavy atom. The Balaban J connectivity index is 2.04. The molecule has 1 fully saturated rings. The summed E-state index contributed by atoms with van der Waals surface area (Å²) < 4.78 is 5.32. The summed E-state index contributed by atoms with van der Waals surface area (Å²) in [5.74, 6) is 0.963. The zero-order chi connectivity index (χ0) is 17.6. The highest BCUT2D eigenvalue weighted by Crippen LogP contribution is 2.27. The second kappa shape index (κ2) is 8.38. The van der Waals surface area contributed by atoms with Gasteiger partial charge in [0.1, 0.15) is 5.75 Å². The highest BCUT2D eigenvalue weighted by atomic mass is 16.5. The monoisotopic (exact) mass is 333 g/mol. The van der Waals surface area contributed by atoms with Crippen molar-refractivity contribution in [3.8, 4) is 5.75 Å². The molecule has 5 heteroatoms. The van der Waals surface area contributed by atoms with Gasteiger partial charge < -0.3 is 20.7 Å². The molecule has 24 heavy (non-hydrogen) atoms. The zero-order valence-corrected chi connectivity index (χ0v) is 15.2. The van der Waals surface area contributed by atoms with Gasteiger partial charge in [-0.05, 0) is 37.8 Å². The molecule has 2 rings (SSSR count). The van der Waals surface area contributed by atoms with Gasteiger partial charge in [-0.25, -0.2) is 0 Å². The Morgan fingerprint density at radius 1 is 1.42 bits per heavy atom. The zero-order valence-electron chi connectivity index (χ0n) is 15.2. The maximum atomic E-state index is 12.7. The van der Waals surface area contributed by atoms with Crippen LogP contribution in [0.3, 0.4) is 0 Å². The number of rotatable bonds is 7. The smallest absolute Gasteiger partial charge is 0.227 e. The Hall–Kier alpha value is -1.75. The Bertz CT molecular complexity index is 535. The van der Waals surface area contributed by atoms with E-state index in [0.717, 1.165) is 50.2 Å². The summed E-state index contributed by atoms with van der Waals surface area (Å²) in [5.41, 5.74) is 6.61. The lowest BCUT2D eigenvalue weighted by Gasteiger charge is -2.37. The van der Waals surface area contributed by atoms with Gasteiger partial charge in [0.25, 0.3) is 0 Å². The molecule has 1 aliphatic rings. The van der Waals surface area contributed by atoms with Crippen LogP contribution in [0.5, 0.6) is 5.75 Å². The standard InChI is InChI=1S/C19H31N3O2/c1-4-19(5-2,14-20)18(23)21-15-8-7-11-22(13-15)16-9-6-10-17(12-16)24-3/h6,9-10,12,15H,4-5,7-8,11,13-14,20H2,1-3H3,(H,21,23).